The number of aryl methyl sites for hydroxylation is 2. The molecule has 25 nitrogen and oxygen atoms in total. The molecule has 8 aromatic rings. The lowest BCUT2D eigenvalue weighted by molar-refractivity contribution is -0.191. The molecule has 8 aliphatic rings. The van der Waals surface area contributed by atoms with Gasteiger partial charge in [0.2, 0.25) is 17.3 Å². The largest absolute Gasteiger partial charge is 0.503 e. The summed E-state index contributed by atoms with van der Waals surface area (Å²) in [6.45, 7) is 5.64. The number of carbonyl (C=O) groups excluding carboxylic acids is 8. The van der Waals surface area contributed by atoms with Crippen LogP contribution in [0.2, 0.25) is 0 Å². The number of nitrogens with two attached hydrogens (primary N) is 1. The first-order valence-electron chi connectivity index (χ1n) is 28.4. The fourth-order valence-electron chi connectivity index (χ4n) is 15.4. The first-order valence-corrected chi connectivity index (χ1v) is 28.4. The van der Waals surface area contributed by atoms with Crippen molar-refractivity contribution in [2.24, 2.45) is 17.6 Å². The van der Waals surface area contributed by atoms with Crippen LogP contribution in [0.15, 0.2) is 60.1 Å². The second-order valence-corrected chi connectivity index (χ2v) is 23.2. The van der Waals surface area contributed by atoms with Crippen LogP contribution in [0, 0.1) is 25.7 Å². The molecule has 25 heteroatoms. The number of carbonyl (C=O) groups is 6. The molecule has 4 fully saturated rings. The smallest absolute Gasteiger partial charge is 0.373 e. The van der Waals surface area contributed by atoms with E-state index in [0.717, 1.165) is 57.6 Å². The summed E-state index contributed by atoms with van der Waals surface area (Å²) in [5, 5.41) is 13.8. The fourth-order valence-corrected chi connectivity index (χ4v) is 15.4. The highest BCUT2D eigenvalue weighted by Gasteiger charge is 2.69. The standard InChI is InChI=1S/C38H35N7O8.C24H23N3O5.CO2/c1-15-13-40-28-23(46)11-24-38(25(15)28)12-16(38)14-45(24)36(49)22-9-19-17-5-7-43(29(17)31(47)32(51-2)26(19)41-22)35(48)21-10-20-18-6-8-44(37(39)50)30(18)34(53-4)33(52-3)27(20)42-21;1-11-5-14-20(25-11)16(28)8-18-24(14)9-13(24)10-27(18)23(29)15-6-12-7-17(30-2)21(31-3)22(32-4)19(12)26-15;2-1-3/h9-11,13,16,40-42,47H,5-8,12,14H2,1-4H3,(H2,39,50);5-8,13,25-26H,9-10H2,1-4H3;/t16-,38?;13-,24?;/m11./s1. The highest BCUT2D eigenvalue weighted by molar-refractivity contribution is 6.16. The van der Waals surface area contributed by atoms with E-state index in [1.807, 2.05) is 26.1 Å². The minimum absolute atomic E-state index is 0.0770. The van der Waals surface area contributed by atoms with Crippen molar-refractivity contribution in [2.45, 2.75) is 50.4 Å². The predicted molar refractivity (Wildman–Crippen MR) is 314 cm³/mol. The van der Waals surface area contributed by atoms with Gasteiger partial charge in [-0.15, -0.1) is 0 Å². The van der Waals surface area contributed by atoms with Gasteiger partial charge in [0, 0.05) is 88.6 Å². The highest BCUT2D eigenvalue weighted by Crippen LogP contribution is 2.68. The van der Waals surface area contributed by atoms with Gasteiger partial charge in [-0.2, -0.15) is 9.59 Å². The normalized spacial score (nSPS) is 20.9. The second kappa shape index (κ2) is 19.4. The number of aromatic hydroxyl groups is 1. The lowest BCUT2D eigenvalue weighted by Crippen LogP contribution is -2.34. The van der Waals surface area contributed by atoms with Crippen molar-refractivity contribution in [1.82, 2.24) is 34.7 Å². The van der Waals surface area contributed by atoms with Gasteiger partial charge >= 0.3 is 12.2 Å². The number of likely N-dealkylation sites (tertiary alicyclic amines) is 2. The monoisotopic (exact) mass is 1190 g/mol. The van der Waals surface area contributed by atoms with E-state index < -0.39 is 11.9 Å². The van der Waals surface area contributed by atoms with Crippen molar-refractivity contribution >= 4 is 85.6 Å². The van der Waals surface area contributed by atoms with Gasteiger partial charge in [-0.3, -0.25) is 28.9 Å². The van der Waals surface area contributed by atoms with Crippen LogP contribution in [-0.2, 0) is 33.3 Å². The number of nitrogens with zero attached hydrogens (tertiary/aromatic N) is 4. The molecule has 3 aromatic carbocycles. The van der Waals surface area contributed by atoms with E-state index in [0.29, 0.717) is 128 Å². The van der Waals surface area contributed by atoms with Crippen LogP contribution in [0.1, 0.15) is 98.8 Å². The number of amides is 5. The second-order valence-electron chi connectivity index (χ2n) is 23.2. The maximum Gasteiger partial charge on any atom is 0.373 e. The van der Waals surface area contributed by atoms with Gasteiger partial charge in [0.1, 0.15) is 17.1 Å². The molecule has 5 amide bonds. The predicted octanol–water partition coefficient (Wildman–Crippen LogP) is 6.90. The maximum absolute atomic E-state index is 14.3. The number of ether oxygens (including phenoxy) is 6. The van der Waals surface area contributed by atoms with Crippen LogP contribution in [0.4, 0.5) is 16.2 Å². The molecule has 4 aliphatic carbocycles. The van der Waals surface area contributed by atoms with Gasteiger partial charge in [-0.05, 0) is 110 Å². The number of fused-ring (bicyclic) bond motifs is 9. The van der Waals surface area contributed by atoms with Gasteiger partial charge in [0.05, 0.1) is 82.0 Å². The Labute approximate surface area is 499 Å². The molecule has 2 unspecified atom stereocenters. The van der Waals surface area contributed by atoms with Gasteiger partial charge in [0.15, 0.2) is 34.5 Å². The summed E-state index contributed by atoms with van der Waals surface area (Å²) in [5.41, 5.74) is 16.8. The SMILES string of the molecule is COc1c2c(c3cc(C(=O)N4CCc5c4c(O)c(OC)c4[nH]c(C(=O)N6C[C@H]7CC78C6=CC(=O)c6[nH]cc(C)c68)cc54)[nH]c3c1OC)CCN2C(N)=O.COc1cc2cc(C(=O)N3C[C@H]4CC45C3=CC(=O)c3[nH]c(C)cc35)[nH]c2c(OC)c1OC.O=C=O. The third-order valence-corrected chi connectivity index (χ3v) is 19.1. The molecule has 16 rings (SSSR count). The van der Waals surface area contributed by atoms with Gasteiger partial charge in [-0.1, -0.05) is 0 Å². The molecule has 450 valence electrons. The van der Waals surface area contributed by atoms with Gasteiger partial charge < -0.3 is 78.9 Å². The van der Waals surface area contributed by atoms with Crippen LogP contribution in [0.25, 0.3) is 32.7 Å². The molecule has 5 aromatic heterocycles. The zero-order valence-corrected chi connectivity index (χ0v) is 49.0. The average Bonchev–Trinajstić information content (AvgIpc) is 1.53. The molecule has 2 saturated carbocycles. The van der Waals surface area contributed by atoms with Crippen LogP contribution in [0.3, 0.4) is 0 Å². The summed E-state index contributed by atoms with van der Waals surface area (Å²) >= 11 is 0. The topological polar surface area (TPSA) is 330 Å². The maximum atomic E-state index is 14.3. The molecule has 0 radical (unpaired) electrons. The number of anilines is 2. The average molecular weight is 1200 g/mol. The minimum atomic E-state index is -0.623. The number of rotatable bonds is 9. The number of nitrogens with one attached hydrogen (secondary N) is 5. The number of phenolic OH excluding ortho intramolecular Hbond substituents is 1. The molecule has 2 saturated heterocycles. The lowest BCUT2D eigenvalue weighted by atomic mass is 9.83. The first-order chi connectivity index (χ1) is 42.4. The molecule has 8 N–H and O–H groups in total. The molecule has 4 atom stereocenters. The number of methoxy groups -OCH3 is 6. The van der Waals surface area contributed by atoms with E-state index in [-0.39, 0.29) is 75.7 Å². The van der Waals surface area contributed by atoms with Crippen molar-refractivity contribution in [2.75, 3.05) is 78.6 Å². The molecular weight excluding hydrogens is 1140 g/mol. The molecule has 88 heavy (non-hydrogen) atoms. The number of benzene rings is 3. The number of aromatic amines is 5. The number of H-pyrrole nitrogens is 5. The summed E-state index contributed by atoms with van der Waals surface area (Å²) in [4.78, 5) is 119. The van der Waals surface area contributed by atoms with E-state index in [1.165, 1.54) is 31.1 Å². The van der Waals surface area contributed by atoms with E-state index >= 15 is 0 Å². The highest BCUT2D eigenvalue weighted by atomic mass is 16.5. The van der Waals surface area contributed by atoms with Crippen LogP contribution >= 0.6 is 0 Å². The summed E-state index contributed by atoms with van der Waals surface area (Å²) in [6, 6.07) is 8.50. The minimum Gasteiger partial charge on any atom is -0.503 e. The van der Waals surface area contributed by atoms with Crippen molar-refractivity contribution < 1.29 is 71.9 Å². The van der Waals surface area contributed by atoms with E-state index in [2.05, 4.69) is 31.0 Å². The van der Waals surface area contributed by atoms with Crippen LogP contribution in [0.5, 0.6) is 40.2 Å². The summed E-state index contributed by atoms with van der Waals surface area (Å²) in [6.07, 6.45) is 8.10. The molecule has 9 heterocycles. The van der Waals surface area contributed by atoms with Gasteiger partial charge in [-0.25, -0.2) is 4.79 Å². The molecular formula is C63H58N10O15. The number of allylic oxidation sites excluding steroid dienone is 4. The number of phenols is 1. The van der Waals surface area contributed by atoms with E-state index in [4.69, 9.17) is 43.7 Å². The number of aromatic nitrogens is 5. The Kier molecular flexibility index (Phi) is 12.2. The molecule has 2 spiro atoms. The lowest BCUT2D eigenvalue weighted by Gasteiger charge is -2.28. The number of hydrogen-bond acceptors (Lipinski definition) is 15. The summed E-state index contributed by atoms with van der Waals surface area (Å²) in [7, 11) is 9.02. The van der Waals surface area contributed by atoms with Crippen LogP contribution in [-0.4, -0.2) is 150 Å². The molecule has 4 aliphatic heterocycles. The third-order valence-electron chi connectivity index (χ3n) is 19.1. The van der Waals surface area contributed by atoms with Crippen molar-refractivity contribution in [3.8, 4) is 40.2 Å². The molecule has 0 bridgehead atoms. The van der Waals surface area contributed by atoms with Gasteiger partial charge in [0.25, 0.3) is 17.7 Å². The van der Waals surface area contributed by atoms with E-state index in [1.54, 1.807) is 61.5 Å². The van der Waals surface area contributed by atoms with Crippen molar-refractivity contribution in [1.29, 1.82) is 0 Å². The number of ketones is 2. The summed E-state index contributed by atoms with van der Waals surface area (Å²) < 4.78 is 33.5. The Hall–Kier alpha value is -10.7. The number of urea groups is 1. The fraction of sp³-hybridized carbons (Fsp3) is 0.317. The number of primary amides is 1. The Balaban J connectivity index is 0.000000165. The number of piperidine rings is 2. The Bertz CT molecular complexity index is 4600. The quantitative estimate of drug-likeness (QED) is 0.0773. The zero-order valence-electron chi connectivity index (χ0n) is 49.0. The van der Waals surface area contributed by atoms with Crippen molar-refractivity contribution in [3.63, 3.8) is 0 Å². The number of hydrogen-bond donors (Lipinski definition) is 7. The Morgan fingerprint density at radius 2 is 1.11 bits per heavy atom. The Morgan fingerprint density at radius 1 is 0.602 bits per heavy atom. The van der Waals surface area contributed by atoms with Crippen LogP contribution < -0.4 is 44.0 Å². The third kappa shape index (κ3) is 7.32. The zero-order chi connectivity index (χ0) is 61.9. The van der Waals surface area contributed by atoms with Crippen molar-refractivity contribution in [3.05, 3.63) is 122 Å². The first kappa shape index (κ1) is 55.2. The van der Waals surface area contributed by atoms with E-state index in [9.17, 15) is 33.9 Å². The summed E-state index contributed by atoms with van der Waals surface area (Å²) in [5.74, 6) is 1.46. The Morgan fingerprint density at radius 3 is 1.72 bits per heavy atom.